The summed E-state index contributed by atoms with van der Waals surface area (Å²) in [6.45, 7) is 0. The number of oxazole rings is 1. The predicted octanol–water partition coefficient (Wildman–Crippen LogP) is 4.09. The van der Waals surface area contributed by atoms with Crippen LogP contribution in [-0.2, 0) is 0 Å². The van der Waals surface area contributed by atoms with Gasteiger partial charge in [-0.3, -0.25) is 0 Å². The van der Waals surface area contributed by atoms with Gasteiger partial charge in [0.25, 0.3) is 0 Å². The molecular weight excluding hydrogens is 254 g/mol. The van der Waals surface area contributed by atoms with Crippen LogP contribution in [0.2, 0.25) is 0 Å². The highest BCUT2D eigenvalue weighted by Crippen LogP contribution is 2.36. The van der Waals surface area contributed by atoms with Crippen LogP contribution in [-0.4, -0.2) is 16.1 Å². The van der Waals surface area contributed by atoms with E-state index >= 15 is 0 Å². The highest BCUT2D eigenvalue weighted by Gasteiger charge is 2.28. The molecule has 1 aliphatic rings. The van der Waals surface area contributed by atoms with Crippen LogP contribution in [0.4, 0.5) is 0 Å². The lowest BCUT2D eigenvalue weighted by Crippen LogP contribution is -2.09. The van der Waals surface area contributed by atoms with Gasteiger partial charge in [-0.05, 0) is 25.0 Å². The molecule has 0 radical (unpaired) electrons. The lowest BCUT2D eigenvalue weighted by Gasteiger charge is -2.19. The summed E-state index contributed by atoms with van der Waals surface area (Å²) in [7, 11) is 0. The zero-order valence-corrected chi connectivity index (χ0v) is 11.2. The molecule has 1 saturated carbocycles. The van der Waals surface area contributed by atoms with E-state index < -0.39 is 5.97 Å². The fourth-order valence-electron chi connectivity index (χ4n) is 2.83. The van der Waals surface area contributed by atoms with Crippen molar-refractivity contribution in [3.8, 4) is 11.5 Å². The Hall–Kier alpha value is -2.10. The second-order valence-electron chi connectivity index (χ2n) is 5.24. The number of carboxylic acids is 1. The van der Waals surface area contributed by atoms with Crippen LogP contribution in [0, 0.1) is 0 Å². The third-order valence-electron chi connectivity index (χ3n) is 3.85. The van der Waals surface area contributed by atoms with Gasteiger partial charge in [-0.2, -0.15) is 0 Å². The molecule has 0 unspecified atom stereocenters. The number of carbonyl (C=O) groups is 1. The molecule has 4 heteroatoms. The maximum Gasteiger partial charge on any atom is 0.358 e. The van der Waals surface area contributed by atoms with Crippen LogP contribution in [0.25, 0.3) is 11.5 Å². The minimum absolute atomic E-state index is 0.0794. The average Bonchev–Trinajstić information content (AvgIpc) is 2.94. The maximum atomic E-state index is 11.4. The van der Waals surface area contributed by atoms with Gasteiger partial charge < -0.3 is 9.52 Å². The van der Waals surface area contributed by atoms with Gasteiger partial charge in [-0.25, -0.2) is 9.78 Å². The number of aromatic carboxylic acids is 1. The Morgan fingerprint density at radius 2 is 1.85 bits per heavy atom. The molecule has 4 nitrogen and oxygen atoms in total. The Morgan fingerprint density at radius 3 is 2.50 bits per heavy atom. The first kappa shape index (κ1) is 12.9. The molecule has 2 aromatic rings. The molecule has 0 spiro atoms. The van der Waals surface area contributed by atoms with Crippen molar-refractivity contribution in [1.29, 1.82) is 0 Å². The standard InChI is InChI=1S/C16H17NO3/c18-16(19)13-14(11-7-3-1-4-8-11)20-15(17-13)12-9-5-2-6-10-12/h2,5-6,9-11H,1,3-4,7-8H2,(H,18,19). The largest absolute Gasteiger partial charge is 0.476 e. The van der Waals surface area contributed by atoms with E-state index in [0.717, 1.165) is 31.2 Å². The molecule has 20 heavy (non-hydrogen) atoms. The van der Waals surface area contributed by atoms with Crippen molar-refractivity contribution < 1.29 is 14.3 Å². The number of nitrogens with zero attached hydrogens (tertiary/aromatic N) is 1. The summed E-state index contributed by atoms with van der Waals surface area (Å²) in [5.41, 5.74) is 0.896. The van der Waals surface area contributed by atoms with Crippen LogP contribution < -0.4 is 0 Å². The summed E-state index contributed by atoms with van der Waals surface area (Å²) in [6.07, 6.45) is 5.46. The second kappa shape index (κ2) is 5.49. The van der Waals surface area contributed by atoms with Crippen molar-refractivity contribution in [3.05, 3.63) is 41.8 Å². The van der Waals surface area contributed by atoms with Gasteiger partial charge in [0.1, 0.15) is 5.76 Å². The molecule has 1 aromatic carbocycles. The van der Waals surface area contributed by atoms with Crippen LogP contribution >= 0.6 is 0 Å². The molecule has 0 amide bonds. The normalized spacial score (nSPS) is 16.2. The van der Waals surface area contributed by atoms with E-state index in [2.05, 4.69) is 4.98 Å². The first-order chi connectivity index (χ1) is 9.75. The smallest absolute Gasteiger partial charge is 0.358 e. The van der Waals surface area contributed by atoms with E-state index in [1.807, 2.05) is 30.3 Å². The number of carboxylic acid groups (broad SMARTS) is 1. The number of hydrogen-bond donors (Lipinski definition) is 1. The van der Waals surface area contributed by atoms with Gasteiger partial charge in [-0.15, -0.1) is 0 Å². The highest BCUT2D eigenvalue weighted by molar-refractivity contribution is 5.87. The monoisotopic (exact) mass is 271 g/mol. The number of rotatable bonds is 3. The summed E-state index contributed by atoms with van der Waals surface area (Å²) in [5.74, 6) is 0.149. The highest BCUT2D eigenvalue weighted by atomic mass is 16.4. The Bertz CT molecular complexity index is 597. The molecule has 0 bridgehead atoms. The SMILES string of the molecule is O=C(O)c1nc(-c2ccccc2)oc1C1CCCCC1. The molecule has 1 aliphatic carbocycles. The Balaban J connectivity index is 2.00. The molecule has 1 fully saturated rings. The summed E-state index contributed by atoms with van der Waals surface area (Å²) in [6, 6.07) is 9.44. The molecule has 0 atom stereocenters. The van der Waals surface area contributed by atoms with Crippen molar-refractivity contribution in [1.82, 2.24) is 4.98 Å². The Labute approximate surface area is 117 Å². The predicted molar refractivity (Wildman–Crippen MR) is 74.7 cm³/mol. The zero-order chi connectivity index (χ0) is 13.9. The van der Waals surface area contributed by atoms with Gasteiger partial charge in [0.05, 0.1) is 0 Å². The van der Waals surface area contributed by atoms with Crippen molar-refractivity contribution in [2.45, 2.75) is 38.0 Å². The lowest BCUT2D eigenvalue weighted by atomic mass is 9.87. The van der Waals surface area contributed by atoms with Crippen molar-refractivity contribution >= 4 is 5.97 Å². The fraction of sp³-hybridized carbons (Fsp3) is 0.375. The summed E-state index contributed by atoms with van der Waals surface area (Å²) >= 11 is 0. The molecule has 1 heterocycles. The molecule has 1 aromatic heterocycles. The van der Waals surface area contributed by atoms with Crippen LogP contribution in [0.5, 0.6) is 0 Å². The molecule has 0 saturated heterocycles. The summed E-state index contributed by atoms with van der Waals surface area (Å²) in [4.78, 5) is 15.6. The van der Waals surface area contributed by atoms with Crippen molar-refractivity contribution in [2.24, 2.45) is 0 Å². The summed E-state index contributed by atoms with van der Waals surface area (Å²) in [5, 5.41) is 9.33. The van der Waals surface area contributed by atoms with E-state index in [1.54, 1.807) is 0 Å². The Morgan fingerprint density at radius 1 is 1.15 bits per heavy atom. The van der Waals surface area contributed by atoms with Crippen LogP contribution in [0.3, 0.4) is 0 Å². The first-order valence-electron chi connectivity index (χ1n) is 7.05. The summed E-state index contributed by atoms with van der Waals surface area (Å²) < 4.78 is 5.81. The lowest BCUT2D eigenvalue weighted by molar-refractivity contribution is 0.0687. The Kier molecular flexibility index (Phi) is 3.54. The number of aromatic nitrogens is 1. The van der Waals surface area contributed by atoms with E-state index in [4.69, 9.17) is 4.42 Å². The van der Waals surface area contributed by atoms with E-state index in [-0.39, 0.29) is 11.6 Å². The van der Waals surface area contributed by atoms with Crippen LogP contribution in [0.15, 0.2) is 34.7 Å². The average molecular weight is 271 g/mol. The third-order valence-corrected chi connectivity index (χ3v) is 3.85. The van der Waals surface area contributed by atoms with E-state index in [0.29, 0.717) is 11.7 Å². The van der Waals surface area contributed by atoms with Crippen LogP contribution in [0.1, 0.15) is 54.3 Å². The number of benzene rings is 1. The van der Waals surface area contributed by atoms with Gasteiger partial charge in [0.15, 0.2) is 5.69 Å². The molecular formula is C16H17NO3. The molecule has 1 N–H and O–H groups in total. The van der Waals surface area contributed by atoms with E-state index in [1.165, 1.54) is 6.42 Å². The van der Waals surface area contributed by atoms with Crippen molar-refractivity contribution in [2.75, 3.05) is 0 Å². The minimum Gasteiger partial charge on any atom is -0.476 e. The molecule has 3 rings (SSSR count). The zero-order valence-electron chi connectivity index (χ0n) is 11.2. The maximum absolute atomic E-state index is 11.4. The third kappa shape index (κ3) is 2.46. The topological polar surface area (TPSA) is 63.3 Å². The quantitative estimate of drug-likeness (QED) is 0.913. The first-order valence-corrected chi connectivity index (χ1v) is 7.05. The number of hydrogen-bond acceptors (Lipinski definition) is 3. The fourth-order valence-corrected chi connectivity index (χ4v) is 2.83. The van der Waals surface area contributed by atoms with Gasteiger partial charge in [0, 0.05) is 11.5 Å². The van der Waals surface area contributed by atoms with Crippen molar-refractivity contribution in [3.63, 3.8) is 0 Å². The van der Waals surface area contributed by atoms with Gasteiger partial charge in [0.2, 0.25) is 5.89 Å². The van der Waals surface area contributed by atoms with Gasteiger partial charge in [-0.1, -0.05) is 37.5 Å². The van der Waals surface area contributed by atoms with E-state index in [9.17, 15) is 9.90 Å². The van der Waals surface area contributed by atoms with Gasteiger partial charge >= 0.3 is 5.97 Å². The second-order valence-corrected chi connectivity index (χ2v) is 5.24. The molecule has 0 aliphatic heterocycles. The minimum atomic E-state index is -1.00. The molecule has 104 valence electrons.